The first-order valence-electron chi connectivity index (χ1n) is 1.93. The average molecular weight is 254 g/mol. The highest BCUT2D eigenvalue weighted by molar-refractivity contribution is 8.27. The van der Waals surface area contributed by atoms with Crippen LogP contribution in [0.1, 0.15) is 0 Å². The van der Waals surface area contributed by atoms with Gasteiger partial charge in [0.2, 0.25) is 0 Å². The van der Waals surface area contributed by atoms with Gasteiger partial charge in [0.25, 0.3) is 0 Å². The summed E-state index contributed by atoms with van der Waals surface area (Å²) in [4.78, 5) is 0. The van der Waals surface area contributed by atoms with E-state index < -0.39 is 18.1 Å². The van der Waals surface area contributed by atoms with Crippen molar-refractivity contribution in [1.29, 1.82) is 0 Å². The van der Waals surface area contributed by atoms with Gasteiger partial charge in [-0.2, -0.15) is 8.42 Å². The Morgan fingerprint density at radius 3 is 1.42 bits per heavy atom. The Kier molecular flexibility index (Phi) is 4.15. The Balaban J connectivity index is 3.98. The molecule has 0 aliphatic rings. The van der Waals surface area contributed by atoms with Crippen LogP contribution in [-0.2, 0) is 49.1 Å². The molecule has 2 atom stereocenters. The van der Waals surface area contributed by atoms with Crippen molar-refractivity contribution in [2.24, 2.45) is 10.6 Å². The van der Waals surface area contributed by atoms with Crippen LogP contribution in [0.5, 0.6) is 0 Å². The van der Waals surface area contributed by atoms with E-state index in [-0.39, 0.29) is 0 Å². The lowest BCUT2D eigenvalue weighted by atomic mass is 13.0. The van der Waals surface area contributed by atoms with Crippen LogP contribution in [0.4, 0.5) is 0 Å². The standard InChI is InChI=1S/H2N2O6S4/c3-11(4,9)7-1-2-8-12(5,6)10/h(H,3,4,9)(H,5,6,10). The van der Waals surface area contributed by atoms with Crippen LogP contribution in [-0.4, -0.2) is 17.5 Å². The Morgan fingerprint density at radius 2 is 1.25 bits per heavy atom. The first kappa shape index (κ1) is 11.9. The van der Waals surface area contributed by atoms with Gasteiger partial charge in [-0.25, -0.2) is 8.57 Å². The van der Waals surface area contributed by atoms with E-state index in [1.165, 1.54) is 0 Å². The minimum absolute atomic E-state index is 2.40. The molecule has 0 spiro atoms. The molecule has 0 saturated heterocycles. The van der Waals surface area contributed by atoms with Gasteiger partial charge in [-0.3, -0.25) is 9.11 Å². The van der Waals surface area contributed by atoms with Crippen molar-refractivity contribution in [3.8, 4) is 0 Å². The molecule has 0 saturated carbocycles. The van der Waals surface area contributed by atoms with Gasteiger partial charge in [0.1, 0.15) is 0 Å². The molecular formula is H2N2O6S4. The molecule has 0 aliphatic heterocycles. The number of hydrogen-bond acceptors (Lipinski definition) is 8. The van der Waals surface area contributed by atoms with E-state index in [0.717, 1.165) is 0 Å². The van der Waals surface area contributed by atoms with E-state index in [9.17, 15) is 8.42 Å². The molecule has 0 radical (unpaired) electrons. The van der Waals surface area contributed by atoms with Crippen LogP contribution in [0.2, 0.25) is 0 Å². The van der Waals surface area contributed by atoms with Crippen LogP contribution in [0, 0.1) is 0 Å². The summed E-state index contributed by atoms with van der Waals surface area (Å²) in [6, 6.07) is 0. The summed E-state index contributed by atoms with van der Waals surface area (Å²) in [5, 5.41) is 4.79. The lowest BCUT2D eigenvalue weighted by Crippen LogP contribution is -1.97. The molecular weight excluding hydrogens is 252 g/mol. The van der Waals surface area contributed by atoms with Crippen LogP contribution in [0.15, 0.2) is 10.6 Å². The molecule has 12 heavy (non-hydrogen) atoms. The van der Waals surface area contributed by atoms with Crippen molar-refractivity contribution >= 4 is 40.5 Å². The minimum Gasteiger partial charge on any atom is -0.275 e. The highest BCUT2D eigenvalue weighted by Gasteiger charge is 1.99. The summed E-state index contributed by atoms with van der Waals surface area (Å²) < 4.78 is 43.7. The van der Waals surface area contributed by atoms with E-state index in [4.69, 9.17) is 9.11 Å². The fourth-order valence-corrected chi connectivity index (χ4v) is 0.498. The maximum absolute atomic E-state index is 10.1. The molecule has 12 heteroatoms. The molecule has 0 aromatic heterocycles. The zero-order chi connectivity index (χ0) is 9.83. The van der Waals surface area contributed by atoms with Crippen LogP contribution < -0.4 is 0 Å². The molecule has 0 bridgehead atoms. The third-order valence-corrected chi connectivity index (χ3v) is 1.16. The normalized spacial score (nSPS) is 21.2. The van der Waals surface area contributed by atoms with E-state index in [1.807, 2.05) is 0 Å². The van der Waals surface area contributed by atoms with Gasteiger partial charge in [0, 0.05) is 0 Å². The quantitative estimate of drug-likeness (QED) is 0.512. The zero-order valence-electron chi connectivity index (χ0n) is 5.05. The van der Waals surface area contributed by atoms with E-state index >= 15 is 0 Å². The first-order chi connectivity index (χ1) is 5.21. The summed E-state index contributed by atoms with van der Waals surface area (Å²) in [5.41, 5.74) is 0. The largest absolute Gasteiger partial charge is 0.333 e. The topological polar surface area (TPSA) is 118 Å². The predicted octanol–water partition coefficient (Wildman–Crippen LogP) is -0.430. The Hall–Kier alpha value is -0.140. The van der Waals surface area contributed by atoms with Crippen molar-refractivity contribution in [2.45, 2.75) is 0 Å². The van der Waals surface area contributed by atoms with Gasteiger partial charge in [-0.05, 0) is 0 Å². The molecule has 0 aliphatic carbocycles. The molecule has 0 aromatic rings. The number of nitrogens with zero attached hydrogens (tertiary/aromatic N) is 2. The third kappa shape index (κ3) is 9.86. The van der Waals surface area contributed by atoms with Gasteiger partial charge in [-0.1, -0.05) is 0 Å². The van der Waals surface area contributed by atoms with Gasteiger partial charge in [-0.15, -0.1) is 0 Å². The van der Waals surface area contributed by atoms with Crippen LogP contribution >= 0.6 is 0 Å². The third-order valence-electron chi connectivity index (χ3n) is 0.288. The predicted molar refractivity (Wildman–Crippen MR) is 43.3 cm³/mol. The minimum atomic E-state index is -3.96. The Bertz CT molecular complexity index is 311. The highest BCUT2D eigenvalue weighted by atomic mass is 32.9. The van der Waals surface area contributed by atoms with Crippen LogP contribution in [0.25, 0.3) is 0 Å². The molecule has 0 heterocycles. The molecule has 2 unspecified atom stereocenters. The fraction of sp³-hybridized carbons (Fsp3) is 0. The van der Waals surface area contributed by atoms with Gasteiger partial charge >= 0.3 is 18.1 Å². The monoisotopic (exact) mass is 254 g/mol. The molecule has 2 N–H and O–H groups in total. The van der Waals surface area contributed by atoms with Gasteiger partial charge in [0.15, 0.2) is 0 Å². The van der Waals surface area contributed by atoms with E-state index in [2.05, 4.69) is 41.5 Å². The van der Waals surface area contributed by atoms with Gasteiger partial charge < -0.3 is 0 Å². The summed E-state index contributed by atoms with van der Waals surface area (Å²) >= 11 is 7.57. The second-order valence-corrected chi connectivity index (χ2v) is 5.70. The average Bonchev–Trinajstić information content (AvgIpc) is 1.76. The van der Waals surface area contributed by atoms with Crippen molar-refractivity contribution in [3.05, 3.63) is 0 Å². The van der Waals surface area contributed by atoms with Crippen molar-refractivity contribution in [2.75, 3.05) is 0 Å². The SMILES string of the molecule is O=S(O)(=S)ON=NOS(=O)(O)=S. The molecule has 72 valence electrons. The maximum Gasteiger partial charge on any atom is 0.333 e. The maximum atomic E-state index is 10.1. The van der Waals surface area contributed by atoms with E-state index in [0.29, 0.717) is 0 Å². The summed E-state index contributed by atoms with van der Waals surface area (Å²) in [6.45, 7) is 0. The Labute approximate surface area is 77.3 Å². The van der Waals surface area contributed by atoms with E-state index in [1.54, 1.807) is 0 Å². The van der Waals surface area contributed by atoms with Crippen molar-refractivity contribution in [3.63, 3.8) is 0 Å². The first-order valence-corrected chi connectivity index (χ1v) is 6.66. The Morgan fingerprint density at radius 1 is 1.00 bits per heavy atom. The molecule has 8 nitrogen and oxygen atoms in total. The summed E-state index contributed by atoms with van der Waals surface area (Å²) in [6.07, 6.45) is 0. The van der Waals surface area contributed by atoms with Crippen molar-refractivity contribution in [1.82, 2.24) is 0 Å². The van der Waals surface area contributed by atoms with Crippen LogP contribution in [0.3, 0.4) is 0 Å². The lowest BCUT2D eigenvalue weighted by Gasteiger charge is -1.92. The summed E-state index contributed by atoms with van der Waals surface area (Å²) in [7, 11) is -7.91. The number of rotatable bonds is 4. The molecule has 0 rings (SSSR count). The fourth-order valence-electron chi connectivity index (χ4n) is 0.111. The number of hydrogen-bond donors (Lipinski definition) is 2. The lowest BCUT2D eigenvalue weighted by molar-refractivity contribution is 0.207. The smallest absolute Gasteiger partial charge is 0.275 e. The zero-order valence-corrected chi connectivity index (χ0v) is 8.32. The second kappa shape index (κ2) is 4.20. The second-order valence-electron chi connectivity index (χ2n) is 1.17. The summed E-state index contributed by atoms with van der Waals surface area (Å²) in [5.74, 6) is 0. The highest BCUT2D eigenvalue weighted by Crippen LogP contribution is 1.93. The molecule has 0 fully saturated rings. The molecule has 0 aromatic carbocycles. The van der Waals surface area contributed by atoms with Crippen molar-refractivity contribution < 1.29 is 26.1 Å². The molecule has 0 amide bonds. The van der Waals surface area contributed by atoms with Gasteiger partial charge in [0.05, 0.1) is 32.9 Å².